The maximum atomic E-state index is 12.6. The maximum absolute atomic E-state index is 12.6. The van der Waals surface area contributed by atoms with Gasteiger partial charge in [-0.1, -0.05) is 13.3 Å². The van der Waals surface area contributed by atoms with Gasteiger partial charge in [-0.25, -0.2) is 0 Å². The van der Waals surface area contributed by atoms with E-state index in [2.05, 4.69) is 12.2 Å². The van der Waals surface area contributed by atoms with Crippen molar-refractivity contribution in [2.75, 3.05) is 13.1 Å². The van der Waals surface area contributed by atoms with Crippen LogP contribution in [0.5, 0.6) is 0 Å². The topological polar surface area (TPSA) is 83.6 Å². The van der Waals surface area contributed by atoms with E-state index < -0.39 is 0 Å². The van der Waals surface area contributed by atoms with E-state index in [1.54, 1.807) is 0 Å². The van der Waals surface area contributed by atoms with Gasteiger partial charge in [0.1, 0.15) is 5.78 Å². The summed E-state index contributed by atoms with van der Waals surface area (Å²) in [4.78, 5) is 49.5. The van der Waals surface area contributed by atoms with E-state index in [4.69, 9.17) is 0 Å². The predicted octanol–water partition coefficient (Wildman–Crippen LogP) is 3.40. The van der Waals surface area contributed by atoms with Gasteiger partial charge in [-0.05, 0) is 69.6 Å². The summed E-state index contributed by atoms with van der Waals surface area (Å²) >= 11 is 0. The van der Waals surface area contributed by atoms with E-state index >= 15 is 0 Å². The molecule has 0 radical (unpaired) electrons. The Bertz CT molecular complexity index is 653. The first kappa shape index (κ1) is 22.7. The number of Topliss-reactive ketones (excluding diaryl/α,β-unsaturated/α-hetero) is 1. The van der Waals surface area contributed by atoms with Gasteiger partial charge in [-0.15, -0.1) is 0 Å². The lowest BCUT2D eigenvalue weighted by atomic mass is 9.78. The number of rotatable bonds is 9. The number of nitrogens with one attached hydrogen (secondary N) is 1. The highest BCUT2D eigenvalue weighted by Gasteiger charge is 2.32. The quantitative estimate of drug-likeness (QED) is 0.584. The van der Waals surface area contributed by atoms with E-state index in [1.807, 2.05) is 0 Å². The highest BCUT2D eigenvalue weighted by molar-refractivity contribution is 6.12. The zero-order valence-electron chi connectivity index (χ0n) is 18.2. The lowest BCUT2D eigenvalue weighted by Gasteiger charge is -2.31. The molecule has 3 rings (SSSR count). The molecule has 1 heterocycles. The Hall–Kier alpha value is -1.98. The Balaban J connectivity index is 1.31. The van der Waals surface area contributed by atoms with Crippen molar-refractivity contribution in [2.45, 2.75) is 77.6 Å². The summed E-state index contributed by atoms with van der Waals surface area (Å²) < 4.78 is 0. The molecule has 0 unspecified atom stereocenters. The van der Waals surface area contributed by atoms with E-state index in [0.29, 0.717) is 24.2 Å². The third-order valence-electron chi connectivity index (χ3n) is 7.20. The summed E-state index contributed by atoms with van der Waals surface area (Å²) in [6.45, 7) is 3.31. The molecule has 6 heteroatoms. The summed E-state index contributed by atoms with van der Waals surface area (Å²) in [6, 6.07) is 0. The Morgan fingerprint density at radius 3 is 2.07 bits per heavy atom. The molecule has 0 bridgehead atoms. The minimum Gasteiger partial charge on any atom is -0.356 e. The second-order valence-electron chi connectivity index (χ2n) is 9.37. The SMILES string of the molecule is CCCCC(=O)C1CCC(CNC(=O)C2CCC(CN3C(=O)C=CC3=O)CC2)CC1. The normalized spacial score (nSPS) is 29.3. The van der Waals surface area contributed by atoms with Crippen molar-refractivity contribution < 1.29 is 19.2 Å². The predicted molar refractivity (Wildman–Crippen MR) is 114 cm³/mol. The van der Waals surface area contributed by atoms with Crippen molar-refractivity contribution >= 4 is 23.5 Å². The van der Waals surface area contributed by atoms with Crippen molar-refractivity contribution in [2.24, 2.45) is 23.7 Å². The Morgan fingerprint density at radius 1 is 0.900 bits per heavy atom. The van der Waals surface area contributed by atoms with Crippen molar-refractivity contribution in [3.05, 3.63) is 12.2 Å². The van der Waals surface area contributed by atoms with Crippen LogP contribution in [-0.2, 0) is 19.2 Å². The third kappa shape index (κ3) is 6.02. The van der Waals surface area contributed by atoms with Crippen molar-refractivity contribution in [1.29, 1.82) is 0 Å². The average molecular weight is 417 g/mol. The molecule has 3 aliphatic rings. The van der Waals surface area contributed by atoms with Crippen LogP contribution in [0.3, 0.4) is 0 Å². The van der Waals surface area contributed by atoms with E-state index in [9.17, 15) is 19.2 Å². The third-order valence-corrected chi connectivity index (χ3v) is 7.20. The van der Waals surface area contributed by atoms with Crippen LogP contribution in [0.25, 0.3) is 0 Å². The second-order valence-corrected chi connectivity index (χ2v) is 9.37. The number of hydrogen-bond acceptors (Lipinski definition) is 4. The van der Waals surface area contributed by atoms with E-state index in [0.717, 1.165) is 77.2 Å². The number of carbonyl (C=O) groups is 4. The molecule has 166 valence electrons. The molecule has 2 fully saturated rings. The summed E-state index contributed by atoms with van der Waals surface area (Å²) in [5.74, 6) is 1.19. The van der Waals surface area contributed by atoms with Gasteiger partial charge in [0, 0.05) is 43.5 Å². The molecular formula is C24H36N2O4. The van der Waals surface area contributed by atoms with Crippen LogP contribution >= 0.6 is 0 Å². The van der Waals surface area contributed by atoms with E-state index in [-0.39, 0.29) is 29.6 Å². The highest BCUT2D eigenvalue weighted by atomic mass is 16.2. The maximum Gasteiger partial charge on any atom is 0.253 e. The summed E-state index contributed by atoms with van der Waals surface area (Å²) in [7, 11) is 0. The van der Waals surface area contributed by atoms with Crippen LogP contribution in [-0.4, -0.2) is 41.5 Å². The first-order chi connectivity index (χ1) is 14.5. The monoisotopic (exact) mass is 416 g/mol. The number of carbonyl (C=O) groups excluding carboxylic acids is 4. The molecule has 0 spiro atoms. The van der Waals surface area contributed by atoms with Crippen molar-refractivity contribution in [3.63, 3.8) is 0 Å². The molecule has 1 aliphatic heterocycles. The molecule has 0 aromatic rings. The number of ketones is 1. The molecule has 6 nitrogen and oxygen atoms in total. The Morgan fingerprint density at radius 2 is 1.47 bits per heavy atom. The van der Waals surface area contributed by atoms with Crippen molar-refractivity contribution in [1.82, 2.24) is 10.2 Å². The fraction of sp³-hybridized carbons (Fsp3) is 0.750. The molecule has 2 aliphatic carbocycles. The van der Waals surface area contributed by atoms with Gasteiger partial charge in [0.2, 0.25) is 5.91 Å². The van der Waals surface area contributed by atoms with Gasteiger partial charge in [-0.2, -0.15) is 0 Å². The van der Waals surface area contributed by atoms with Crippen LogP contribution in [0.2, 0.25) is 0 Å². The van der Waals surface area contributed by atoms with Crippen molar-refractivity contribution in [3.8, 4) is 0 Å². The first-order valence-electron chi connectivity index (χ1n) is 11.8. The zero-order valence-corrected chi connectivity index (χ0v) is 18.2. The molecule has 0 aromatic carbocycles. The van der Waals surface area contributed by atoms with Crippen LogP contribution < -0.4 is 5.32 Å². The summed E-state index contributed by atoms with van der Waals surface area (Å²) in [6.07, 6.45) is 12.8. The highest BCUT2D eigenvalue weighted by Crippen LogP contribution is 2.32. The minimum absolute atomic E-state index is 0.0383. The van der Waals surface area contributed by atoms with Gasteiger partial charge >= 0.3 is 0 Å². The number of unbranched alkanes of at least 4 members (excludes halogenated alkanes) is 1. The van der Waals surface area contributed by atoms with Crippen LogP contribution in [0.1, 0.15) is 77.6 Å². The van der Waals surface area contributed by atoms with Gasteiger partial charge in [0.25, 0.3) is 11.8 Å². The summed E-state index contributed by atoms with van der Waals surface area (Å²) in [5, 5.41) is 3.15. The Labute approximate surface area is 179 Å². The number of amides is 3. The van der Waals surface area contributed by atoms with Crippen LogP contribution in [0.4, 0.5) is 0 Å². The van der Waals surface area contributed by atoms with Gasteiger partial charge in [0.15, 0.2) is 0 Å². The number of imide groups is 1. The molecule has 3 amide bonds. The molecular weight excluding hydrogens is 380 g/mol. The smallest absolute Gasteiger partial charge is 0.253 e. The van der Waals surface area contributed by atoms with Gasteiger partial charge in [0.05, 0.1) is 0 Å². The number of nitrogens with zero attached hydrogens (tertiary/aromatic N) is 1. The second kappa shape index (κ2) is 10.9. The molecule has 0 aromatic heterocycles. The standard InChI is InChI=1S/C24H36N2O4/c1-2-3-4-21(27)19-9-5-17(6-10-19)15-25-24(30)20-11-7-18(8-12-20)16-26-22(28)13-14-23(26)29/h13-14,17-20H,2-12,15-16H2,1H3,(H,25,30). The summed E-state index contributed by atoms with van der Waals surface area (Å²) in [5.41, 5.74) is 0. The lowest BCUT2D eigenvalue weighted by molar-refractivity contribution is -0.138. The van der Waals surface area contributed by atoms with Gasteiger partial charge < -0.3 is 5.32 Å². The molecule has 0 saturated heterocycles. The first-order valence-corrected chi connectivity index (χ1v) is 11.8. The van der Waals surface area contributed by atoms with Crippen LogP contribution in [0, 0.1) is 23.7 Å². The molecule has 1 N–H and O–H groups in total. The minimum atomic E-state index is -0.221. The van der Waals surface area contributed by atoms with Crippen LogP contribution in [0.15, 0.2) is 12.2 Å². The molecule has 30 heavy (non-hydrogen) atoms. The zero-order chi connectivity index (χ0) is 21.5. The number of hydrogen-bond donors (Lipinski definition) is 1. The molecule has 2 saturated carbocycles. The lowest BCUT2D eigenvalue weighted by Crippen LogP contribution is -2.39. The van der Waals surface area contributed by atoms with E-state index in [1.165, 1.54) is 17.1 Å². The average Bonchev–Trinajstić information content (AvgIpc) is 3.08. The largest absolute Gasteiger partial charge is 0.356 e. The fourth-order valence-electron chi connectivity index (χ4n) is 5.11. The van der Waals surface area contributed by atoms with Gasteiger partial charge in [-0.3, -0.25) is 24.1 Å². The fourth-order valence-corrected chi connectivity index (χ4v) is 5.11. The molecule has 0 atom stereocenters. The Kier molecular flexibility index (Phi) is 8.23.